The standard InChI is InChI=1S/C15H19F3N2O2/c1-3-11(14(22)20-9(2)13(19)21)8-10-4-6-12(7-5-10)15(16,17)18/h4-7,9,11H,3,8H2,1-2H3,(H2,19,21)(H,20,22)/t9-,11-/m0/s1. The average Bonchev–Trinajstić information content (AvgIpc) is 2.43. The molecular formula is C15H19F3N2O2. The van der Waals surface area contributed by atoms with Crippen LogP contribution >= 0.6 is 0 Å². The topological polar surface area (TPSA) is 72.2 Å². The van der Waals surface area contributed by atoms with Crippen molar-refractivity contribution in [3.05, 3.63) is 35.4 Å². The number of nitrogens with one attached hydrogen (secondary N) is 1. The summed E-state index contributed by atoms with van der Waals surface area (Å²) in [5, 5.41) is 2.49. The van der Waals surface area contributed by atoms with Gasteiger partial charge in [-0.1, -0.05) is 19.1 Å². The zero-order chi connectivity index (χ0) is 16.9. The van der Waals surface area contributed by atoms with E-state index in [9.17, 15) is 22.8 Å². The van der Waals surface area contributed by atoms with Gasteiger partial charge in [-0.3, -0.25) is 9.59 Å². The minimum absolute atomic E-state index is 0.298. The van der Waals surface area contributed by atoms with E-state index in [2.05, 4.69) is 5.32 Å². The molecule has 0 spiro atoms. The maximum atomic E-state index is 12.5. The number of carbonyl (C=O) groups excluding carboxylic acids is 2. The molecule has 0 bridgehead atoms. The molecule has 0 saturated carbocycles. The molecule has 2 atom stereocenters. The van der Waals surface area contributed by atoms with E-state index >= 15 is 0 Å². The van der Waals surface area contributed by atoms with Crippen LogP contribution in [-0.2, 0) is 22.2 Å². The number of rotatable bonds is 6. The molecule has 0 radical (unpaired) electrons. The molecule has 0 aliphatic rings. The summed E-state index contributed by atoms with van der Waals surface area (Å²) in [6, 6.07) is 3.92. The Morgan fingerprint density at radius 2 is 1.77 bits per heavy atom. The Bertz CT molecular complexity index is 527. The van der Waals surface area contributed by atoms with E-state index in [-0.39, 0.29) is 5.91 Å². The zero-order valence-electron chi connectivity index (χ0n) is 12.4. The number of carbonyl (C=O) groups is 2. The van der Waals surface area contributed by atoms with Gasteiger partial charge in [-0.15, -0.1) is 0 Å². The molecule has 7 heteroatoms. The fourth-order valence-corrected chi connectivity index (χ4v) is 1.94. The third kappa shape index (κ3) is 5.05. The first-order valence-corrected chi connectivity index (χ1v) is 6.91. The van der Waals surface area contributed by atoms with Crippen LogP contribution in [0.15, 0.2) is 24.3 Å². The van der Waals surface area contributed by atoms with Gasteiger partial charge in [0, 0.05) is 5.92 Å². The van der Waals surface area contributed by atoms with Crippen LogP contribution in [-0.4, -0.2) is 17.9 Å². The molecule has 1 aromatic rings. The molecule has 3 N–H and O–H groups in total. The maximum absolute atomic E-state index is 12.5. The van der Waals surface area contributed by atoms with Gasteiger partial charge in [-0.05, 0) is 37.5 Å². The lowest BCUT2D eigenvalue weighted by Crippen LogP contribution is -2.45. The van der Waals surface area contributed by atoms with Crippen LogP contribution in [0.25, 0.3) is 0 Å². The molecule has 0 aliphatic heterocycles. The number of benzene rings is 1. The molecule has 2 amide bonds. The Morgan fingerprint density at radius 3 is 2.18 bits per heavy atom. The zero-order valence-corrected chi connectivity index (χ0v) is 12.4. The molecule has 0 aromatic heterocycles. The highest BCUT2D eigenvalue weighted by Gasteiger charge is 2.30. The van der Waals surface area contributed by atoms with E-state index < -0.39 is 29.6 Å². The molecule has 0 heterocycles. The monoisotopic (exact) mass is 316 g/mol. The predicted octanol–water partition coefficient (Wildman–Crippen LogP) is 2.26. The first kappa shape index (κ1) is 18.0. The number of hydrogen-bond donors (Lipinski definition) is 2. The summed E-state index contributed by atoms with van der Waals surface area (Å²) >= 11 is 0. The van der Waals surface area contributed by atoms with E-state index in [1.807, 2.05) is 0 Å². The Labute approximate surface area is 126 Å². The number of hydrogen-bond acceptors (Lipinski definition) is 2. The van der Waals surface area contributed by atoms with Gasteiger partial charge in [0.1, 0.15) is 6.04 Å². The number of amides is 2. The summed E-state index contributed by atoms with van der Waals surface area (Å²) in [6.45, 7) is 3.27. The van der Waals surface area contributed by atoms with Crippen molar-refractivity contribution in [1.82, 2.24) is 5.32 Å². The van der Waals surface area contributed by atoms with Crippen LogP contribution in [0, 0.1) is 5.92 Å². The normalized spacial score (nSPS) is 14.2. The van der Waals surface area contributed by atoms with Gasteiger partial charge >= 0.3 is 6.18 Å². The fourth-order valence-electron chi connectivity index (χ4n) is 1.94. The van der Waals surface area contributed by atoms with Crippen molar-refractivity contribution in [3.63, 3.8) is 0 Å². The SMILES string of the molecule is CC[C@@H](Cc1ccc(C(F)(F)F)cc1)C(=O)N[C@@H](C)C(N)=O. The summed E-state index contributed by atoms with van der Waals surface area (Å²) < 4.78 is 37.5. The molecular weight excluding hydrogens is 297 g/mol. The second-order valence-corrected chi connectivity index (χ2v) is 5.14. The highest BCUT2D eigenvalue weighted by molar-refractivity contribution is 5.87. The lowest BCUT2D eigenvalue weighted by Gasteiger charge is -2.18. The van der Waals surface area contributed by atoms with Gasteiger partial charge < -0.3 is 11.1 Å². The Hall–Kier alpha value is -2.05. The van der Waals surface area contributed by atoms with Crippen LogP contribution in [0.4, 0.5) is 13.2 Å². The van der Waals surface area contributed by atoms with Crippen molar-refractivity contribution in [2.24, 2.45) is 11.7 Å². The molecule has 4 nitrogen and oxygen atoms in total. The third-order valence-electron chi connectivity index (χ3n) is 3.41. The van der Waals surface area contributed by atoms with E-state index in [0.717, 1.165) is 12.1 Å². The van der Waals surface area contributed by atoms with Gasteiger partial charge in [-0.2, -0.15) is 13.2 Å². The van der Waals surface area contributed by atoms with Crippen molar-refractivity contribution >= 4 is 11.8 Å². The van der Waals surface area contributed by atoms with Crippen molar-refractivity contribution in [2.45, 2.75) is 38.9 Å². The van der Waals surface area contributed by atoms with Crippen LogP contribution in [0.3, 0.4) is 0 Å². The first-order chi connectivity index (χ1) is 10.1. The van der Waals surface area contributed by atoms with Gasteiger partial charge in [0.05, 0.1) is 5.56 Å². The summed E-state index contributed by atoms with van der Waals surface area (Å²) in [4.78, 5) is 23.0. The van der Waals surface area contributed by atoms with E-state index in [0.29, 0.717) is 18.4 Å². The number of primary amides is 1. The number of nitrogens with two attached hydrogens (primary N) is 1. The molecule has 122 valence electrons. The van der Waals surface area contributed by atoms with E-state index in [1.165, 1.54) is 19.1 Å². The van der Waals surface area contributed by atoms with Gasteiger partial charge in [0.2, 0.25) is 11.8 Å². The Balaban J connectivity index is 2.74. The number of halogens is 3. The Morgan fingerprint density at radius 1 is 1.23 bits per heavy atom. The van der Waals surface area contributed by atoms with Crippen LogP contribution < -0.4 is 11.1 Å². The quantitative estimate of drug-likeness (QED) is 0.845. The lowest BCUT2D eigenvalue weighted by molar-refractivity contribution is -0.137. The van der Waals surface area contributed by atoms with Crippen LogP contribution in [0.2, 0.25) is 0 Å². The third-order valence-corrected chi connectivity index (χ3v) is 3.41. The number of alkyl halides is 3. The molecule has 0 fully saturated rings. The smallest absolute Gasteiger partial charge is 0.368 e. The molecule has 1 aromatic carbocycles. The summed E-state index contributed by atoms with van der Waals surface area (Å²) in [7, 11) is 0. The largest absolute Gasteiger partial charge is 0.416 e. The summed E-state index contributed by atoms with van der Waals surface area (Å²) in [6.07, 6.45) is -3.58. The van der Waals surface area contributed by atoms with E-state index in [1.54, 1.807) is 6.92 Å². The lowest BCUT2D eigenvalue weighted by atomic mass is 9.95. The second-order valence-electron chi connectivity index (χ2n) is 5.14. The molecule has 0 saturated heterocycles. The fraction of sp³-hybridized carbons (Fsp3) is 0.467. The van der Waals surface area contributed by atoms with Crippen molar-refractivity contribution in [1.29, 1.82) is 0 Å². The van der Waals surface area contributed by atoms with Crippen LogP contribution in [0.5, 0.6) is 0 Å². The van der Waals surface area contributed by atoms with Gasteiger partial charge in [-0.25, -0.2) is 0 Å². The van der Waals surface area contributed by atoms with E-state index in [4.69, 9.17) is 5.73 Å². The minimum Gasteiger partial charge on any atom is -0.368 e. The van der Waals surface area contributed by atoms with Crippen molar-refractivity contribution < 1.29 is 22.8 Å². The second kappa shape index (κ2) is 7.29. The highest BCUT2D eigenvalue weighted by Crippen LogP contribution is 2.29. The van der Waals surface area contributed by atoms with Crippen molar-refractivity contribution in [3.8, 4) is 0 Å². The van der Waals surface area contributed by atoms with Gasteiger partial charge in [0.25, 0.3) is 0 Å². The summed E-state index contributed by atoms with van der Waals surface area (Å²) in [5.74, 6) is -1.41. The maximum Gasteiger partial charge on any atom is 0.416 e. The molecule has 22 heavy (non-hydrogen) atoms. The first-order valence-electron chi connectivity index (χ1n) is 6.91. The van der Waals surface area contributed by atoms with Gasteiger partial charge in [0.15, 0.2) is 0 Å². The van der Waals surface area contributed by atoms with Crippen molar-refractivity contribution in [2.75, 3.05) is 0 Å². The molecule has 1 rings (SSSR count). The molecule has 0 unspecified atom stereocenters. The summed E-state index contributed by atoms with van der Waals surface area (Å²) in [5.41, 5.74) is 4.98. The molecule has 0 aliphatic carbocycles. The predicted molar refractivity (Wildman–Crippen MR) is 75.7 cm³/mol. The highest BCUT2D eigenvalue weighted by atomic mass is 19.4. The minimum atomic E-state index is -4.38. The van der Waals surface area contributed by atoms with Crippen LogP contribution in [0.1, 0.15) is 31.4 Å². The average molecular weight is 316 g/mol. The Kier molecular flexibility index (Phi) is 5.96.